The molecule has 1 saturated heterocycles. The van der Waals surface area contributed by atoms with E-state index in [9.17, 15) is 19.1 Å². The smallest absolute Gasteiger partial charge is 0.330 e. The number of halogens is 3. The predicted octanol–water partition coefficient (Wildman–Crippen LogP) is 0.893. The third kappa shape index (κ3) is 2.80. The van der Waals surface area contributed by atoms with Crippen molar-refractivity contribution in [2.45, 2.75) is 24.6 Å². The predicted molar refractivity (Wildman–Crippen MR) is 77.9 cm³/mol. The minimum Gasteiger partial charge on any atom is -0.387 e. The van der Waals surface area contributed by atoms with Gasteiger partial charge in [-0.2, -0.15) is 0 Å². The fraction of sp³-hybridized carbons (Fsp3) is 0.455. The molecule has 1 aromatic rings. The Labute approximate surface area is 129 Å². The Bertz CT molecular complexity index is 630. The Kier molecular flexibility index (Phi) is 4.95. The van der Waals surface area contributed by atoms with Gasteiger partial charge in [-0.25, -0.2) is 9.18 Å². The second-order valence-electron chi connectivity index (χ2n) is 4.20. The van der Waals surface area contributed by atoms with Gasteiger partial charge in [-0.3, -0.25) is 14.3 Å². The quantitative estimate of drug-likeness (QED) is 0.721. The van der Waals surface area contributed by atoms with E-state index in [-0.39, 0.29) is 10.9 Å². The van der Waals surface area contributed by atoms with Crippen molar-refractivity contribution >= 4 is 37.9 Å². The van der Waals surface area contributed by atoms with Crippen LogP contribution in [0.5, 0.6) is 0 Å². The number of hydrogen-bond acceptors (Lipinski definition) is 4. The van der Waals surface area contributed by atoms with Crippen LogP contribution in [-0.4, -0.2) is 38.4 Å². The molecule has 1 aliphatic rings. The summed E-state index contributed by atoms with van der Waals surface area (Å²) in [6.07, 6.45) is -2.53. The van der Waals surface area contributed by atoms with Gasteiger partial charge in [-0.05, 0) is 11.1 Å². The van der Waals surface area contributed by atoms with Crippen LogP contribution in [0.4, 0.5) is 4.39 Å². The van der Waals surface area contributed by atoms with E-state index in [0.717, 1.165) is 4.57 Å². The highest BCUT2D eigenvalue weighted by Gasteiger charge is 2.45. The van der Waals surface area contributed by atoms with Gasteiger partial charge < -0.3 is 9.84 Å². The second kappa shape index (κ2) is 6.33. The number of aliphatic hydroxyl groups excluding tert-OH is 1. The third-order valence-electron chi connectivity index (χ3n) is 2.96. The number of H-pyrrole nitrogens is 1. The number of aromatic nitrogens is 2. The Morgan fingerprint density at radius 1 is 1.55 bits per heavy atom. The van der Waals surface area contributed by atoms with E-state index in [4.69, 9.17) is 4.74 Å². The zero-order valence-electron chi connectivity index (χ0n) is 10.0. The van der Waals surface area contributed by atoms with Crippen LogP contribution in [0, 0.1) is 0 Å². The maximum atomic E-state index is 14.0. The lowest BCUT2D eigenvalue weighted by atomic mass is 10.2. The van der Waals surface area contributed by atoms with Crippen LogP contribution in [-0.2, 0) is 4.74 Å². The summed E-state index contributed by atoms with van der Waals surface area (Å²) in [4.78, 5) is 26.8. The lowest BCUT2D eigenvalue weighted by Crippen LogP contribution is -2.36. The van der Waals surface area contributed by atoms with Crippen molar-refractivity contribution in [3.8, 4) is 0 Å². The number of aromatic amines is 1. The molecule has 0 aromatic carbocycles. The van der Waals surface area contributed by atoms with Crippen LogP contribution in [0.1, 0.15) is 11.8 Å². The molecule has 0 saturated carbocycles. The Balaban J connectivity index is 2.46. The van der Waals surface area contributed by atoms with Gasteiger partial charge >= 0.3 is 5.69 Å². The molecule has 1 aromatic heterocycles. The Morgan fingerprint density at radius 3 is 2.80 bits per heavy atom. The van der Waals surface area contributed by atoms with Crippen molar-refractivity contribution in [3.05, 3.63) is 37.6 Å². The molecule has 0 amide bonds. The van der Waals surface area contributed by atoms with Crippen molar-refractivity contribution in [2.24, 2.45) is 0 Å². The van der Waals surface area contributed by atoms with Gasteiger partial charge in [-0.1, -0.05) is 31.9 Å². The molecule has 0 radical (unpaired) electrons. The normalized spacial score (nSPS) is 30.2. The van der Waals surface area contributed by atoms with Crippen LogP contribution in [0.15, 0.2) is 20.8 Å². The first kappa shape index (κ1) is 15.6. The van der Waals surface area contributed by atoms with E-state index in [1.807, 2.05) is 0 Å². The lowest BCUT2D eigenvalue weighted by Gasteiger charge is -2.16. The molecular weight excluding hydrogens is 403 g/mol. The van der Waals surface area contributed by atoms with E-state index in [1.54, 1.807) is 0 Å². The van der Waals surface area contributed by atoms with Gasteiger partial charge in [0.15, 0.2) is 12.4 Å². The van der Waals surface area contributed by atoms with Crippen molar-refractivity contribution < 1.29 is 14.2 Å². The van der Waals surface area contributed by atoms with Gasteiger partial charge in [0.1, 0.15) is 6.10 Å². The number of rotatable bonds is 3. The van der Waals surface area contributed by atoms with E-state index in [2.05, 4.69) is 36.8 Å². The second-order valence-corrected chi connectivity index (χ2v) is 5.37. The number of alkyl halides is 2. The number of nitrogens with one attached hydrogen (secondary N) is 1. The van der Waals surface area contributed by atoms with Crippen LogP contribution in [0.2, 0.25) is 0 Å². The topological polar surface area (TPSA) is 84.3 Å². The average Bonchev–Trinajstić information content (AvgIpc) is 2.70. The average molecular weight is 414 g/mol. The van der Waals surface area contributed by atoms with E-state index in [0.29, 0.717) is 0 Å². The van der Waals surface area contributed by atoms with Gasteiger partial charge in [0.25, 0.3) is 5.56 Å². The third-order valence-corrected chi connectivity index (χ3v) is 3.86. The molecule has 2 heterocycles. The molecule has 0 spiro atoms. The SMILES string of the molecule is O=c1[nH]c(=O)n([C@H]2O[C@@H](CBr)C(O)C2F)cc1/C=C/Br. The zero-order valence-corrected chi connectivity index (χ0v) is 13.2. The summed E-state index contributed by atoms with van der Waals surface area (Å²) in [6, 6.07) is 0. The van der Waals surface area contributed by atoms with Gasteiger partial charge in [0.2, 0.25) is 0 Å². The van der Waals surface area contributed by atoms with Crippen molar-refractivity contribution in [1.29, 1.82) is 0 Å². The van der Waals surface area contributed by atoms with Crippen LogP contribution in [0.25, 0.3) is 6.08 Å². The van der Waals surface area contributed by atoms with Gasteiger partial charge in [0.05, 0.1) is 11.7 Å². The van der Waals surface area contributed by atoms with Crippen LogP contribution < -0.4 is 11.2 Å². The van der Waals surface area contributed by atoms with Crippen molar-refractivity contribution in [3.63, 3.8) is 0 Å². The zero-order chi connectivity index (χ0) is 14.9. The minimum absolute atomic E-state index is 0.161. The van der Waals surface area contributed by atoms with Gasteiger partial charge in [-0.15, -0.1) is 0 Å². The van der Waals surface area contributed by atoms with E-state index >= 15 is 0 Å². The number of aliphatic hydroxyl groups is 1. The molecule has 2 unspecified atom stereocenters. The molecule has 9 heteroatoms. The van der Waals surface area contributed by atoms with Crippen LogP contribution in [0.3, 0.4) is 0 Å². The number of hydrogen-bond donors (Lipinski definition) is 2. The monoisotopic (exact) mass is 412 g/mol. The molecule has 1 fully saturated rings. The Morgan fingerprint density at radius 2 is 2.25 bits per heavy atom. The molecule has 6 nitrogen and oxygen atoms in total. The summed E-state index contributed by atoms with van der Waals surface area (Å²) in [5, 5.41) is 9.90. The minimum atomic E-state index is -1.76. The maximum absolute atomic E-state index is 14.0. The highest BCUT2D eigenvalue weighted by atomic mass is 79.9. The van der Waals surface area contributed by atoms with E-state index in [1.165, 1.54) is 17.3 Å². The fourth-order valence-electron chi connectivity index (χ4n) is 1.93. The molecule has 2 rings (SSSR count). The summed E-state index contributed by atoms with van der Waals surface area (Å²) < 4.78 is 20.3. The molecule has 0 aliphatic carbocycles. The molecule has 110 valence electrons. The molecule has 20 heavy (non-hydrogen) atoms. The van der Waals surface area contributed by atoms with Crippen molar-refractivity contribution in [2.75, 3.05) is 5.33 Å². The number of nitrogens with zero attached hydrogens (tertiary/aromatic N) is 1. The summed E-state index contributed by atoms with van der Waals surface area (Å²) in [7, 11) is 0. The Hall–Kier alpha value is -0.770. The molecule has 0 bridgehead atoms. The summed E-state index contributed by atoms with van der Waals surface area (Å²) in [5.74, 6) is 0. The largest absolute Gasteiger partial charge is 0.387 e. The standard InChI is InChI=1S/C11H11Br2FN2O4/c12-2-1-5-4-16(11(19)15-9(5)18)10-7(14)8(17)6(3-13)20-10/h1-2,4,6-8,10,17H,3H2,(H,15,18,19)/b2-1+/t6-,7?,8?,10-/m0/s1. The molecule has 4 atom stereocenters. The van der Waals surface area contributed by atoms with Gasteiger partial charge in [0, 0.05) is 11.5 Å². The van der Waals surface area contributed by atoms with Crippen LogP contribution >= 0.6 is 31.9 Å². The van der Waals surface area contributed by atoms with Crippen molar-refractivity contribution in [1.82, 2.24) is 9.55 Å². The fourth-order valence-corrected chi connectivity index (χ4v) is 2.75. The first-order chi connectivity index (χ1) is 9.49. The highest BCUT2D eigenvalue weighted by Crippen LogP contribution is 2.31. The molecular formula is C11H11Br2FN2O4. The lowest BCUT2D eigenvalue weighted by molar-refractivity contribution is -0.0160. The first-order valence-electron chi connectivity index (χ1n) is 5.65. The summed E-state index contributed by atoms with van der Waals surface area (Å²) in [6.45, 7) is 0. The maximum Gasteiger partial charge on any atom is 0.330 e. The molecule has 1 aliphatic heterocycles. The first-order valence-corrected chi connectivity index (χ1v) is 7.69. The highest BCUT2D eigenvalue weighted by molar-refractivity contribution is 9.11. The summed E-state index contributed by atoms with van der Waals surface area (Å²) >= 11 is 6.12. The molecule has 2 N–H and O–H groups in total. The van der Waals surface area contributed by atoms with E-state index < -0.39 is 35.9 Å². The summed E-state index contributed by atoms with van der Waals surface area (Å²) in [5.41, 5.74) is -1.22. The number of ether oxygens (including phenoxy) is 1.